The van der Waals surface area contributed by atoms with Crippen LogP contribution in [0.15, 0.2) is 89.7 Å². The molecular weight excluding hydrogens is 472 g/mol. The van der Waals surface area contributed by atoms with Gasteiger partial charge >= 0.3 is 0 Å². The first-order valence-corrected chi connectivity index (χ1v) is 13.4. The van der Waals surface area contributed by atoms with E-state index in [1.807, 2.05) is 42.6 Å². The van der Waals surface area contributed by atoms with Gasteiger partial charge in [0.1, 0.15) is 0 Å². The van der Waals surface area contributed by atoms with Gasteiger partial charge in [0, 0.05) is 28.9 Å². The average Bonchev–Trinajstić information content (AvgIpc) is 3.52. The lowest BCUT2D eigenvalue weighted by Crippen LogP contribution is -2.25. The number of amides is 1. The fraction of sp³-hybridized carbons (Fsp3) is 0.179. The van der Waals surface area contributed by atoms with E-state index in [0.717, 1.165) is 33.9 Å². The van der Waals surface area contributed by atoms with Gasteiger partial charge in [-0.05, 0) is 54.1 Å². The standard InChI is InChI=1S/C28H26N4OS2/c1-20-4-6-22(7-5-20)19-35-28-31-25-13-14-29-17-26(25)32(28)18-21-8-10-23(11-9-21)27(33)30-15-12-24-3-2-16-34-24/h2-11,13-14,16-17H,12,15,18-19H2,1H3,(H,30,33). The number of aromatic nitrogens is 3. The highest BCUT2D eigenvalue weighted by Gasteiger charge is 2.13. The fourth-order valence-electron chi connectivity index (χ4n) is 3.84. The third-order valence-corrected chi connectivity index (χ3v) is 7.78. The van der Waals surface area contributed by atoms with Crippen molar-refractivity contribution in [3.8, 4) is 0 Å². The van der Waals surface area contributed by atoms with Gasteiger partial charge in [-0.2, -0.15) is 0 Å². The van der Waals surface area contributed by atoms with Crippen LogP contribution in [-0.2, 0) is 18.7 Å². The molecule has 0 bridgehead atoms. The zero-order valence-electron chi connectivity index (χ0n) is 19.5. The maximum absolute atomic E-state index is 12.5. The predicted octanol–water partition coefficient (Wildman–Crippen LogP) is 6.11. The van der Waals surface area contributed by atoms with Crippen LogP contribution in [0.5, 0.6) is 0 Å². The van der Waals surface area contributed by atoms with Gasteiger partial charge in [-0.1, -0.05) is 59.8 Å². The molecule has 0 aliphatic rings. The van der Waals surface area contributed by atoms with Crippen molar-refractivity contribution in [1.82, 2.24) is 19.9 Å². The van der Waals surface area contributed by atoms with E-state index in [4.69, 9.17) is 4.98 Å². The number of fused-ring (bicyclic) bond motifs is 1. The van der Waals surface area contributed by atoms with Gasteiger partial charge in [-0.25, -0.2) is 4.98 Å². The number of nitrogens with one attached hydrogen (secondary N) is 1. The zero-order valence-corrected chi connectivity index (χ0v) is 21.1. The Balaban J connectivity index is 1.28. The van der Waals surface area contributed by atoms with Crippen molar-refractivity contribution >= 4 is 40.0 Å². The monoisotopic (exact) mass is 498 g/mol. The second-order valence-corrected chi connectivity index (χ2v) is 10.4. The maximum Gasteiger partial charge on any atom is 0.251 e. The number of rotatable bonds is 9. The molecule has 3 heterocycles. The lowest BCUT2D eigenvalue weighted by atomic mass is 10.1. The molecule has 0 spiro atoms. The van der Waals surface area contributed by atoms with Crippen LogP contribution in [-0.4, -0.2) is 27.0 Å². The summed E-state index contributed by atoms with van der Waals surface area (Å²) in [6, 6.07) is 22.5. The molecule has 2 aromatic carbocycles. The normalized spacial score (nSPS) is 11.1. The maximum atomic E-state index is 12.5. The molecule has 0 aliphatic carbocycles. The van der Waals surface area contributed by atoms with Crippen LogP contribution in [0.1, 0.15) is 31.9 Å². The van der Waals surface area contributed by atoms with Gasteiger partial charge < -0.3 is 9.88 Å². The lowest BCUT2D eigenvalue weighted by molar-refractivity contribution is 0.0954. The Labute approximate surface area is 213 Å². The van der Waals surface area contributed by atoms with E-state index < -0.39 is 0 Å². The molecule has 5 nitrogen and oxygen atoms in total. The van der Waals surface area contributed by atoms with Crippen molar-refractivity contribution in [2.24, 2.45) is 0 Å². The topological polar surface area (TPSA) is 59.8 Å². The number of thioether (sulfide) groups is 1. The number of carbonyl (C=O) groups is 1. The highest BCUT2D eigenvalue weighted by Crippen LogP contribution is 2.27. The molecule has 5 aromatic rings. The van der Waals surface area contributed by atoms with Crippen LogP contribution in [0.4, 0.5) is 0 Å². The molecule has 35 heavy (non-hydrogen) atoms. The first-order chi connectivity index (χ1) is 17.2. The first kappa shape index (κ1) is 23.3. The van der Waals surface area contributed by atoms with E-state index in [2.05, 4.69) is 57.5 Å². The Kier molecular flexibility index (Phi) is 7.25. The Hall–Kier alpha value is -3.42. The van der Waals surface area contributed by atoms with Gasteiger partial charge in [0.2, 0.25) is 0 Å². The molecule has 0 aliphatic heterocycles. The van der Waals surface area contributed by atoms with Crippen molar-refractivity contribution in [3.63, 3.8) is 0 Å². The number of benzene rings is 2. The molecular formula is C28H26N4OS2. The smallest absolute Gasteiger partial charge is 0.251 e. The van der Waals surface area contributed by atoms with Crippen LogP contribution >= 0.6 is 23.1 Å². The lowest BCUT2D eigenvalue weighted by Gasteiger charge is -2.10. The second-order valence-electron chi connectivity index (χ2n) is 8.40. The number of carbonyl (C=O) groups excluding carboxylic acids is 1. The summed E-state index contributed by atoms with van der Waals surface area (Å²) >= 11 is 3.44. The summed E-state index contributed by atoms with van der Waals surface area (Å²) in [6.07, 6.45) is 4.50. The second kappa shape index (κ2) is 10.9. The first-order valence-electron chi connectivity index (χ1n) is 11.5. The number of pyridine rings is 1. The molecule has 1 N–H and O–H groups in total. The van der Waals surface area contributed by atoms with Crippen LogP contribution < -0.4 is 5.32 Å². The SMILES string of the molecule is Cc1ccc(CSc2nc3ccncc3n2Cc2ccc(C(=O)NCCc3cccs3)cc2)cc1. The summed E-state index contributed by atoms with van der Waals surface area (Å²) < 4.78 is 2.21. The van der Waals surface area contributed by atoms with E-state index in [-0.39, 0.29) is 5.91 Å². The van der Waals surface area contributed by atoms with E-state index >= 15 is 0 Å². The number of imidazole rings is 1. The van der Waals surface area contributed by atoms with Gasteiger partial charge in [0.05, 0.1) is 23.8 Å². The van der Waals surface area contributed by atoms with Gasteiger partial charge in [-0.15, -0.1) is 11.3 Å². The Morgan fingerprint density at radius 1 is 1.03 bits per heavy atom. The molecule has 1 amide bonds. The minimum absolute atomic E-state index is 0.0419. The molecule has 7 heteroatoms. The van der Waals surface area contributed by atoms with E-state index in [1.54, 1.807) is 29.3 Å². The minimum Gasteiger partial charge on any atom is -0.352 e. The number of hydrogen-bond acceptors (Lipinski definition) is 5. The van der Waals surface area contributed by atoms with Gasteiger partial charge in [-0.3, -0.25) is 9.78 Å². The highest BCUT2D eigenvalue weighted by molar-refractivity contribution is 7.98. The van der Waals surface area contributed by atoms with Gasteiger partial charge in [0.15, 0.2) is 5.16 Å². The van der Waals surface area contributed by atoms with Crippen molar-refractivity contribution in [2.75, 3.05) is 6.54 Å². The summed E-state index contributed by atoms with van der Waals surface area (Å²) in [4.78, 5) is 23.0. The third-order valence-electron chi connectivity index (χ3n) is 5.80. The van der Waals surface area contributed by atoms with Crippen molar-refractivity contribution < 1.29 is 4.79 Å². The predicted molar refractivity (Wildman–Crippen MR) is 144 cm³/mol. The number of aryl methyl sites for hydroxylation is 1. The largest absolute Gasteiger partial charge is 0.352 e. The average molecular weight is 499 g/mol. The number of nitrogens with zero attached hydrogens (tertiary/aromatic N) is 3. The number of thiophene rings is 1. The summed E-state index contributed by atoms with van der Waals surface area (Å²) in [5.41, 5.74) is 6.26. The molecule has 0 fully saturated rings. The molecule has 0 saturated carbocycles. The molecule has 176 valence electrons. The molecule has 5 rings (SSSR count). The molecule has 0 saturated heterocycles. The summed E-state index contributed by atoms with van der Waals surface area (Å²) in [6.45, 7) is 3.40. The molecule has 0 unspecified atom stereocenters. The Bertz CT molecular complexity index is 1410. The quantitative estimate of drug-likeness (QED) is 0.249. The van der Waals surface area contributed by atoms with Crippen LogP contribution in [0.2, 0.25) is 0 Å². The molecule has 0 radical (unpaired) electrons. The van der Waals surface area contributed by atoms with Crippen LogP contribution in [0.25, 0.3) is 11.0 Å². The Morgan fingerprint density at radius 2 is 1.83 bits per heavy atom. The number of hydrogen-bond donors (Lipinski definition) is 1. The van der Waals surface area contributed by atoms with E-state index in [0.29, 0.717) is 18.7 Å². The summed E-state index contributed by atoms with van der Waals surface area (Å²) in [7, 11) is 0. The van der Waals surface area contributed by atoms with Crippen LogP contribution in [0, 0.1) is 6.92 Å². The summed E-state index contributed by atoms with van der Waals surface area (Å²) in [5, 5.41) is 6.03. The van der Waals surface area contributed by atoms with Crippen molar-refractivity contribution in [1.29, 1.82) is 0 Å². The van der Waals surface area contributed by atoms with Crippen LogP contribution in [0.3, 0.4) is 0 Å². The third kappa shape index (κ3) is 5.81. The molecule has 0 atom stereocenters. The van der Waals surface area contributed by atoms with E-state index in [9.17, 15) is 4.79 Å². The van der Waals surface area contributed by atoms with Crippen molar-refractivity contribution in [3.05, 3.63) is 112 Å². The fourth-order valence-corrected chi connectivity index (χ4v) is 5.52. The van der Waals surface area contributed by atoms with E-state index in [1.165, 1.54) is 16.0 Å². The Morgan fingerprint density at radius 3 is 2.60 bits per heavy atom. The highest BCUT2D eigenvalue weighted by atomic mass is 32.2. The minimum atomic E-state index is -0.0419. The molecule has 3 aromatic heterocycles. The zero-order chi connectivity index (χ0) is 24.0. The summed E-state index contributed by atoms with van der Waals surface area (Å²) in [5.74, 6) is 0.807. The van der Waals surface area contributed by atoms with Crippen molar-refractivity contribution in [2.45, 2.75) is 30.8 Å². The van der Waals surface area contributed by atoms with Gasteiger partial charge in [0.25, 0.3) is 5.91 Å².